The number of hydrogen-bond acceptors (Lipinski definition) is 6. The number of piperidine rings is 1. The lowest BCUT2D eigenvalue weighted by Crippen LogP contribution is -2.44. The van der Waals surface area contributed by atoms with Gasteiger partial charge in [0.25, 0.3) is 5.69 Å². The number of carbonyl (C=O) groups is 1. The molecule has 1 unspecified atom stereocenters. The van der Waals surface area contributed by atoms with Crippen LogP contribution in [0.25, 0.3) is 0 Å². The lowest BCUT2D eigenvalue weighted by Gasteiger charge is -2.35. The molecule has 2 aromatic carbocycles. The Morgan fingerprint density at radius 2 is 1.76 bits per heavy atom. The summed E-state index contributed by atoms with van der Waals surface area (Å²) in [6.45, 7) is 4.47. The quantitative estimate of drug-likeness (QED) is 0.436. The lowest BCUT2D eigenvalue weighted by atomic mass is 9.96. The fraction of sp³-hybridized carbons (Fsp3) is 0.500. The first-order valence-corrected chi connectivity index (χ1v) is 11.9. The van der Waals surface area contributed by atoms with Crippen molar-refractivity contribution in [3.05, 3.63) is 63.2 Å². The van der Waals surface area contributed by atoms with Gasteiger partial charge in [0, 0.05) is 38.3 Å². The minimum absolute atomic E-state index is 0.128. The summed E-state index contributed by atoms with van der Waals surface area (Å²) in [5.41, 5.74) is 3.42. The number of hydrogen-bond donors (Lipinski definition) is 0. The van der Waals surface area contributed by atoms with Gasteiger partial charge in [-0.3, -0.25) is 14.9 Å². The summed E-state index contributed by atoms with van der Waals surface area (Å²) in [4.78, 5) is 28.0. The van der Waals surface area contributed by atoms with Crippen LogP contribution in [0.3, 0.4) is 0 Å². The van der Waals surface area contributed by atoms with Gasteiger partial charge in [0.05, 0.1) is 25.6 Å². The summed E-state index contributed by atoms with van der Waals surface area (Å²) >= 11 is 0. The molecule has 0 radical (unpaired) electrons. The second-order valence-corrected chi connectivity index (χ2v) is 9.22. The highest BCUT2D eigenvalue weighted by Crippen LogP contribution is 2.32. The number of non-ortho nitro benzene ring substituents is 1. The van der Waals surface area contributed by atoms with E-state index in [9.17, 15) is 14.9 Å². The average Bonchev–Trinajstić information content (AvgIpc) is 3.00. The Balaban J connectivity index is 1.32. The van der Waals surface area contributed by atoms with Crippen molar-refractivity contribution >= 4 is 11.6 Å². The van der Waals surface area contributed by atoms with Crippen molar-refractivity contribution in [2.75, 3.05) is 46.9 Å². The van der Waals surface area contributed by atoms with Gasteiger partial charge in [0.2, 0.25) is 5.91 Å². The van der Waals surface area contributed by atoms with Crippen LogP contribution in [-0.2, 0) is 24.1 Å². The number of fused-ring (bicyclic) bond motifs is 1. The summed E-state index contributed by atoms with van der Waals surface area (Å²) < 4.78 is 10.9. The Hall–Kier alpha value is -3.13. The maximum atomic E-state index is 13.1. The zero-order valence-electron chi connectivity index (χ0n) is 20.0. The van der Waals surface area contributed by atoms with Crippen LogP contribution in [0, 0.1) is 16.0 Å². The van der Waals surface area contributed by atoms with Gasteiger partial charge >= 0.3 is 0 Å². The van der Waals surface area contributed by atoms with Crippen LogP contribution in [-0.4, -0.2) is 67.6 Å². The van der Waals surface area contributed by atoms with Crippen molar-refractivity contribution in [2.24, 2.45) is 5.92 Å². The lowest BCUT2D eigenvalue weighted by molar-refractivity contribution is -0.384. The summed E-state index contributed by atoms with van der Waals surface area (Å²) in [6.07, 6.45) is 4.34. The van der Waals surface area contributed by atoms with Crippen LogP contribution in [0.5, 0.6) is 11.5 Å². The minimum Gasteiger partial charge on any atom is -0.493 e. The average molecular weight is 468 g/mol. The number of nitro groups is 1. The Morgan fingerprint density at radius 3 is 2.44 bits per heavy atom. The maximum Gasteiger partial charge on any atom is 0.269 e. The summed E-state index contributed by atoms with van der Waals surface area (Å²) in [7, 11) is 3.25. The van der Waals surface area contributed by atoms with Gasteiger partial charge in [-0.15, -0.1) is 0 Å². The van der Waals surface area contributed by atoms with Crippen LogP contribution < -0.4 is 9.47 Å². The molecule has 2 aliphatic rings. The van der Waals surface area contributed by atoms with E-state index in [2.05, 4.69) is 4.90 Å². The Kier molecular flexibility index (Phi) is 7.67. The minimum atomic E-state index is -0.366. The standard InChI is InChI=1S/C26H33N3O5/c1-33-24-14-21-10-13-28(26(30)16-22(21)15-25(24)34-2)18-20-4-3-11-27(17-20)12-9-19-5-7-23(8-6-19)29(31)32/h5-8,14-15,20H,3-4,9-13,16-18H2,1-2H3. The second kappa shape index (κ2) is 10.9. The zero-order valence-corrected chi connectivity index (χ0v) is 20.0. The van der Waals surface area contributed by atoms with Crippen molar-refractivity contribution in [1.82, 2.24) is 9.80 Å². The van der Waals surface area contributed by atoms with E-state index in [0.717, 1.165) is 75.1 Å². The monoisotopic (exact) mass is 467 g/mol. The molecule has 0 bridgehead atoms. The first kappa shape index (κ1) is 24.0. The molecular weight excluding hydrogens is 434 g/mol. The molecule has 0 aromatic heterocycles. The third-order valence-electron chi connectivity index (χ3n) is 7.00. The Labute approximate surface area is 200 Å². The van der Waals surface area contributed by atoms with Gasteiger partial charge < -0.3 is 19.3 Å². The number of amides is 1. The molecule has 34 heavy (non-hydrogen) atoms. The van der Waals surface area contributed by atoms with Gasteiger partial charge in [0.15, 0.2) is 11.5 Å². The third kappa shape index (κ3) is 5.67. The van der Waals surface area contributed by atoms with Crippen LogP contribution in [0.1, 0.15) is 29.5 Å². The second-order valence-electron chi connectivity index (χ2n) is 9.22. The molecular formula is C26H33N3O5. The molecule has 0 aliphatic carbocycles. The zero-order chi connectivity index (χ0) is 24.1. The largest absolute Gasteiger partial charge is 0.493 e. The number of ether oxygens (including phenoxy) is 2. The van der Waals surface area contributed by atoms with E-state index in [4.69, 9.17) is 9.47 Å². The highest BCUT2D eigenvalue weighted by Gasteiger charge is 2.27. The van der Waals surface area contributed by atoms with E-state index < -0.39 is 0 Å². The predicted molar refractivity (Wildman–Crippen MR) is 129 cm³/mol. The van der Waals surface area contributed by atoms with Crippen LogP contribution in [0.2, 0.25) is 0 Å². The van der Waals surface area contributed by atoms with Crippen molar-refractivity contribution in [3.63, 3.8) is 0 Å². The summed E-state index contributed by atoms with van der Waals surface area (Å²) in [6, 6.07) is 10.8. The third-order valence-corrected chi connectivity index (χ3v) is 7.00. The van der Waals surface area contributed by atoms with Gasteiger partial charge in [-0.1, -0.05) is 12.1 Å². The molecule has 8 nitrogen and oxygen atoms in total. The predicted octanol–water partition coefficient (Wildman–Crippen LogP) is 3.49. The highest BCUT2D eigenvalue weighted by molar-refractivity contribution is 5.80. The van der Waals surface area contributed by atoms with E-state index in [0.29, 0.717) is 23.8 Å². The Bertz CT molecular complexity index is 1020. The first-order chi connectivity index (χ1) is 16.5. The summed E-state index contributed by atoms with van der Waals surface area (Å²) in [5.74, 6) is 2.00. The number of rotatable bonds is 8. The molecule has 8 heteroatoms. The number of carbonyl (C=O) groups excluding carboxylic acids is 1. The van der Waals surface area contributed by atoms with Crippen LogP contribution in [0.4, 0.5) is 5.69 Å². The molecule has 1 saturated heterocycles. The fourth-order valence-electron chi connectivity index (χ4n) is 5.10. The molecule has 2 aromatic rings. The maximum absolute atomic E-state index is 13.1. The number of benzene rings is 2. The van der Waals surface area contributed by atoms with Crippen LogP contribution in [0.15, 0.2) is 36.4 Å². The van der Waals surface area contributed by atoms with Gasteiger partial charge in [-0.05, 0) is 67.0 Å². The van der Waals surface area contributed by atoms with Crippen molar-refractivity contribution < 1.29 is 19.2 Å². The molecule has 1 fully saturated rings. The molecule has 0 N–H and O–H groups in total. The van der Waals surface area contributed by atoms with Crippen molar-refractivity contribution in [3.8, 4) is 11.5 Å². The van der Waals surface area contributed by atoms with E-state index in [1.165, 1.54) is 0 Å². The van der Waals surface area contributed by atoms with E-state index in [1.54, 1.807) is 26.4 Å². The molecule has 182 valence electrons. The summed E-state index contributed by atoms with van der Waals surface area (Å²) in [5, 5.41) is 10.8. The first-order valence-electron chi connectivity index (χ1n) is 11.9. The number of nitro benzene ring substituents is 1. The fourth-order valence-corrected chi connectivity index (χ4v) is 5.10. The molecule has 0 saturated carbocycles. The number of nitrogens with zero attached hydrogens (tertiary/aromatic N) is 3. The number of likely N-dealkylation sites (tertiary alicyclic amines) is 1. The molecule has 4 rings (SSSR count). The molecule has 1 amide bonds. The van der Waals surface area contributed by atoms with E-state index in [1.807, 2.05) is 29.2 Å². The van der Waals surface area contributed by atoms with E-state index in [-0.39, 0.29) is 16.5 Å². The van der Waals surface area contributed by atoms with Crippen LogP contribution >= 0.6 is 0 Å². The molecule has 1 atom stereocenters. The molecule has 0 spiro atoms. The molecule has 2 heterocycles. The SMILES string of the molecule is COc1cc2c(cc1OC)CC(=O)N(CC1CCCN(CCc3ccc([N+](=O)[O-])cc3)C1)CC2. The van der Waals surface area contributed by atoms with E-state index >= 15 is 0 Å². The highest BCUT2D eigenvalue weighted by atomic mass is 16.6. The van der Waals surface area contributed by atoms with Gasteiger partial charge in [-0.2, -0.15) is 0 Å². The molecule has 2 aliphatic heterocycles. The normalized spacial score (nSPS) is 18.8. The van der Waals surface area contributed by atoms with Crippen molar-refractivity contribution in [1.29, 1.82) is 0 Å². The topological polar surface area (TPSA) is 85.2 Å². The van der Waals surface area contributed by atoms with Gasteiger partial charge in [-0.25, -0.2) is 0 Å². The number of methoxy groups -OCH3 is 2. The van der Waals surface area contributed by atoms with Crippen molar-refractivity contribution in [2.45, 2.75) is 32.1 Å². The Morgan fingerprint density at radius 1 is 1.06 bits per heavy atom. The smallest absolute Gasteiger partial charge is 0.269 e. The van der Waals surface area contributed by atoms with Gasteiger partial charge in [0.1, 0.15) is 0 Å².